The van der Waals surface area contributed by atoms with Gasteiger partial charge in [-0.2, -0.15) is 0 Å². The summed E-state index contributed by atoms with van der Waals surface area (Å²) in [6, 6.07) is 6.94. The van der Waals surface area contributed by atoms with Gasteiger partial charge in [0.05, 0.1) is 23.5 Å². The Morgan fingerprint density at radius 3 is 1.66 bits per heavy atom. The molecule has 2 fully saturated rings. The molecule has 2 saturated heterocycles. The summed E-state index contributed by atoms with van der Waals surface area (Å²) in [6.45, 7) is 0.693. The molecule has 2 aromatic rings. The van der Waals surface area contributed by atoms with Crippen molar-refractivity contribution in [1.82, 2.24) is 19.8 Å². The normalized spacial score (nSPS) is 30.1. The molecule has 4 heterocycles. The molecular formula is C22H22N4O6. The van der Waals surface area contributed by atoms with E-state index in [0.29, 0.717) is 0 Å². The van der Waals surface area contributed by atoms with Gasteiger partial charge >= 0.3 is 11.9 Å². The van der Waals surface area contributed by atoms with Gasteiger partial charge in [-0.05, 0) is 31.3 Å². The largest absolute Gasteiger partial charge is 0.480 e. The Kier molecular flexibility index (Phi) is 5.04. The van der Waals surface area contributed by atoms with Crippen LogP contribution in [0.25, 0.3) is 0 Å². The van der Waals surface area contributed by atoms with Crippen LogP contribution in [0.5, 0.6) is 0 Å². The van der Waals surface area contributed by atoms with E-state index in [-0.39, 0.29) is 24.5 Å². The molecule has 1 amide bonds. The monoisotopic (exact) mass is 438 g/mol. The minimum atomic E-state index is -2.23. The number of hydrogen-bond donors (Lipinski definition) is 2. The van der Waals surface area contributed by atoms with Crippen LogP contribution in [0.2, 0.25) is 0 Å². The molecule has 10 heteroatoms. The molecule has 2 aromatic heterocycles. The summed E-state index contributed by atoms with van der Waals surface area (Å²) in [5, 5.41) is 20.8. The summed E-state index contributed by atoms with van der Waals surface area (Å²) >= 11 is 0. The summed E-state index contributed by atoms with van der Waals surface area (Å²) in [5.74, 6) is -4.53. The number of pyridine rings is 2. The van der Waals surface area contributed by atoms with Crippen molar-refractivity contribution in [2.24, 2.45) is 10.8 Å². The van der Waals surface area contributed by atoms with Crippen molar-refractivity contribution >= 4 is 23.6 Å². The maximum absolute atomic E-state index is 14.0. The van der Waals surface area contributed by atoms with E-state index < -0.39 is 46.5 Å². The van der Waals surface area contributed by atoms with Crippen LogP contribution < -0.4 is 0 Å². The van der Waals surface area contributed by atoms with Gasteiger partial charge in [-0.15, -0.1) is 0 Å². The van der Waals surface area contributed by atoms with Gasteiger partial charge in [-0.25, -0.2) is 0 Å². The molecule has 0 radical (unpaired) electrons. The Hall–Kier alpha value is -3.66. The lowest BCUT2D eigenvalue weighted by Crippen LogP contribution is -2.75. The highest BCUT2D eigenvalue weighted by Crippen LogP contribution is 2.59. The predicted octanol–water partition coefficient (Wildman–Crippen LogP) is 0.778. The van der Waals surface area contributed by atoms with Gasteiger partial charge in [0.15, 0.2) is 16.6 Å². The number of fused-ring (bicyclic) bond motifs is 2. The highest BCUT2D eigenvalue weighted by Gasteiger charge is 2.75. The van der Waals surface area contributed by atoms with Gasteiger partial charge in [0.25, 0.3) is 0 Å². The topological polar surface area (TPSA) is 141 Å². The molecule has 32 heavy (non-hydrogen) atoms. The second-order valence-electron chi connectivity index (χ2n) is 8.29. The predicted molar refractivity (Wildman–Crippen MR) is 109 cm³/mol. The highest BCUT2D eigenvalue weighted by atomic mass is 16.4. The van der Waals surface area contributed by atoms with Gasteiger partial charge in [0.2, 0.25) is 5.91 Å². The number of nitrogens with zero attached hydrogens (tertiary/aromatic N) is 4. The van der Waals surface area contributed by atoms with Crippen molar-refractivity contribution in [3.63, 3.8) is 0 Å². The van der Waals surface area contributed by atoms with Crippen molar-refractivity contribution in [1.29, 1.82) is 0 Å². The molecule has 0 aliphatic carbocycles. The molecule has 2 N–H and O–H groups in total. The van der Waals surface area contributed by atoms with Crippen LogP contribution >= 0.6 is 0 Å². The number of aromatic nitrogens is 2. The van der Waals surface area contributed by atoms with E-state index in [0.717, 1.165) is 0 Å². The van der Waals surface area contributed by atoms with Crippen LogP contribution in [0.1, 0.15) is 30.4 Å². The average molecular weight is 438 g/mol. The summed E-state index contributed by atoms with van der Waals surface area (Å²) in [5.41, 5.74) is -4.07. The van der Waals surface area contributed by atoms with Gasteiger partial charge in [0, 0.05) is 32.4 Å². The number of carbonyl (C=O) groups is 4. The summed E-state index contributed by atoms with van der Waals surface area (Å²) in [6.07, 6.45) is 2.88. The number of carboxylic acid groups (broad SMARTS) is 2. The molecule has 4 rings (SSSR count). The highest BCUT2D eigenvalue weighted by molar-refractivity contribution is 6.17. The van der Waals surface area contributed by atoms with Crippen molar-refractivity contribution in [2.75, 3.05) is 20.1 Å². The summed E-state index contributed by atoms with van der Waals surface area (Å²) < 4.78 is 0. The maximum Gasteiger partial charge on any atom is 0.321 e. The zero-order valence-corrected chi connectivity index (χ0v) is 17.5. The number of Topliss-reactive ketones (excluding diaryl/α,β-unsaturated/α-hetero) is 1. The number of hydrogen-bond acceptors (Lipinski definition) is 7. The average Bonchev–Trinajstić information content (AvgIpc) is 2.75. The van der Waals surface area contributed by atoms with Crippen LogP contribution in [-0.2, 0) is 19.2 Å². The van der Waals surface area contributed by atoms with Crippen LogP contribution in [-0.4, -0.2) is 73.7 Å². The molecule has 2 aliphatic heterocycles. The van der Waals surface area contributed by atoms with Crippen LogP contribution in [0.3, 0.4) is 0 Å². The molecule has 4 atom stereocenters. The molecular weight excluding hydrogens is 416 g/mol. The summed E-state index contributed by atoms with van der Waals surface area (Å²) in [4.78, 5) is 63.9. The van der Waals surface area contributed by atoms with E-state index in [1.807, 2.05) is 0 Å². The molecule has 0 aromatic carbocycles. The van der Waals surface area contributed by atoms with Gasteiger partial charge < -0.3 is 20.0 Å². The van der Waals surface area contributed by atoms with E-state index >= 15 is 0 Å². The minimum absolute atomic E-state index is 0.189. The first kappa shape index (κ1) is 21.6. The number of ketones is 1. The Balaban J connectivity index is 2.13. The summed E-state index contributed by atoms with van der Waals surface area (Å²) in [7, 11) is 1.57. The third kappa shape index (κ3) is 2.76. The number of rotatable bonds is 4. The lowest BCUT2D eigenvalue weighted by atomic mass is 9.54. The smallest absolute Gasteiger partial charge is 0.321 e. The lowest BCUT2D eigenvalue weighted by Gasteiger charge is -2.60. The fraction of sp³-hybridized carbons (Fsp3) is 0.364. The molecule has 0 saturated carbocycles. The number of carboxylic acids is 2. The standard InChI is InChI=1S/C22H22N4O6/c1-13(27)26-16(14-7-3-5-9-23-14)21(19(29)30)11-25(2)12-22(18(21)28,20(31)32)17(26)15-8-4-6-10-24-15/h3-10,16-17H,11-12H2,1-2H3,(H,29,30)(H,31,32). The Morgan fingerprint density at radius 1 is 0.906 bits per heavy atom. The fourth-order valence-electron chi connectivity index (χ4n) is 5.29. The Morgan fingerprint density at radius 2 is 1.34 bits per heavy atom. The van der Waals surface area contributed by atoms with E-state index in [1.165, 1.54) is 41.2 Å². The quantitative estimate of drug-likeness (QED) is 0.662. The second kappa shape index (κ2) is 7.49. The van der Waals surface area contributed by atoms with Crippen molar-refractivity contribution in [3.05, 3.63) is 60.2 Å². The van der Waals surface area contributed by atoms with Crippen LogP contribution in [0.4, 0.5) is 0 Å². The van der Waals surface area contributed by atoms with Crippen molar-refractivity contribution in [2.45, 2.75) is 19.0 Å². The zero-order chi connectivity index (χ0) is 23.3. The molecule has 2 aliphatic rings. The maximum atomic E-state index is 14.0. The van der Waals surface area contributed by atoms with Crippen molar-refractivity contribution in [3.8, 4) is 0 Å². The van der Waals surface area contributed by atoms with E-state index in [1.54, 1.807) is 31.3 Å². The minimum Gasteiger partial charge on any atom is -0.480 e. The Bertz CT molecular complexity index is 1020. The van der Waals surface area contributed by atoms with Crippen molar-refractivity contribution < 1.29 is 29.4 Å². The first-order chi connectivity index (χ1) is 15.2. The number of likely N-dealkylation sites (tertiary alicyclic amines) is 2. The zero-order valence-electron chi connectivity index (χ0n) is 17.5. The van der Waals surface area contributed by atoms with Gasteiger partial charge in [-0.1, -0.05) is 12.1 Å². The number of carbonyl (C=O) groups excluding carboxylic acids is 2. The van der Waals surface area contributed by atoms with E-state index in [9.17, 15) is 29.4 Å². The van der Waals surface area contributed by atoms with Gasteiger partial charge in [-0.3, -0.25) is 29.1 Å². The fourth-order valence-corrected chi connectivity index (χ4v) is 5.29. The number of piperidine rings is 2. The Labute approximate surface area is 183 Å². The van der Waals surface area contributed by atoms with Gasteiger partial charge in [0.1, 0.15) is 0 Å². The van der Waals surface area contributed by atoms with E-state index in [2.05, 4.69) is 9.97 Å². The lowest BCUT2D eigenvalue weighted by molar-refractivity contribution is -0.202. The third-order valence-electron chi connectivity index (χ3n) is 6.40. The molecule has 4 unspecified atom stereocenters. The number of amides is 1. The second-order valence-corrected chi connectivity index (χ2v) is 8.29. The third-order valence-corrected chi connectivity index (χ3v) is 6.40. The molecule has 0 spiro atoms. The molecule has 2 bridgehead atoms. The molecule has 166 valence electrons. The number of aliphatic carboxylic acids is 2. The first-order valence-corrected chi connectivity index (χ1v) is 9.99. The SMILES string of the molecule is CC(=O)N1C(c2ccccn2)C2(C(=O)O)CN(C)CC(C(=O)O)(C2=O)C1c1ccccn1. The first-order valence-electron chi connectivity index (χ1n) is 9.99. The molecule has 10 nitrogen and oxygen atoms in total. The van der Waals surface area contributed by atoms with Crippen LogP contribution in [0, 0.1) is 10.8 Å². The van der Waals surface area contributed by atoms with Crippen LogP contribution in [0.15, 0.2) is 48.8 Å². The van der Waals surface area contributed by atoms with E-state index in [4.69, 9.17) is 0 Å².